The van der Waals surface area contributed by atoms with Gasteiger partial charge in [-0.1, -0.05) is 133 Å². The summed E-state index contributed by atoms with van der Waals surface area (Å²) in [7, 11) is 0. The molecule has 3 nitrogen and oxygen atoms in total. The fourth-order valence-electron chi connectivity index (χ4n) is 4.71. The Kier molecular flexibility index (Phi) is 13.8. The van der Waals surface area contributed by atoms with Gasteiger partial charge >= 0.3 is 0 Å². The van der Waals surface area contributed by atoms with Crippen LogP contribution in [-0.4, -0.2) is 13.2 Å². The molecule has 3 aromatic carbocycles. The lowest BCUT2D eigenvalue weighted by Crippen LogP contribution is -2.05. The third kappa shape index (κ3) is 10.3. The van der Waals surface area contributed by atoms with Gasteiger partial charge in [-0.25, -0.2) is 0 Å². The molecule has 37 heavy (non-hydrogen) atoms. The third-order valence-corrected chi connectivity index (χ3v) is 6.88. The SMILES string of the molecule is CCCCCCCCCOc1c(Oc2ccccc2)cc2ccccc2c1OCCCCCCCCC. The summed E-state index contributed by atoms with van der Waals surface area (Å²) in [6.45, 7) is 5.90. The zero-order valence-corrected chi connectivity index (χ0v) is 23.3. The van der Waals surface area contributed by atoms with Gasteiger partial charge < -0.3 is 14.2 Å². The van der Waals surface area contributed by atoms with Crippen LogP contribution >= 0.6 is 0 Å². The molecule has 0 aliphatic carbocycles. The summed E-state index contributed by atoms with van der Waals surface area (Å²) in [4.78, 5) is 0. The molecule has 0 radical (unpaired) electrons. The Balaban J connectivity index is 1.71. The van der Waals surface area contributed by atoms with Crippen LogP contribution in [0, 0.1) is 0 Å². The van der Waals surface area contributed by atoms with Gasteiger partial charge in [0.25, 0.3) is 0 Å². The number of ether oxygens (including phenoxy) is 3. The van der Waals surface area contributed by atoms with Gasteiger partial charge in [0.1, 0.15) is 5.75 Å². The molecule has 0 heterocycles. The summed E-state index contributed by atoms with van der Waals surface area (Å²) in [5.74, 6) is 3.08. The normalized spacial score (nSPS) is 11.1. The minimum Gasteiger partial charge on any atom is -0.489 e. The van der Waals surface area contributed by atoms with Crippen LogP contribution in [-0.2, 0) is 0 Å². The van der Waals surface area contributed by atoms with E-state index in [4.69, 9.17) is 14.2 Å². The number of rotatable bonds is 20. The van der Waals surface area contributed by atoms with Crippen molar-refractivity contribution in [1.29, 1.82) is 0 Å². The van der Waals surface area contributed by atoms with Crippen molar-refractivity contribution in [3.8, 4) is 23.0 Å². The van der Waals surface area contributed by atoms with E-state index in [0.29, 0.717) is 13.2 Å². The Morgan fingerprint density at radius 2 is 1.03 bits per heavy atom. The molecule has 3 heteroatoms. The Hall–Kier alpha value is -2.68. The number of hydrogen-bond acceptors (Lipinski definition) is 3. The van der Waals surface area contributed by atoms with Crippen LogP contribution in [0.3, 0.4) is 0 Å². The fourth-order valence-corrected chi connectivity index (χ4v) is 4.71. The van der Waals surface area contributed by atoms with Gasteiger partial charge in [-0.15, -0.1) is 0 Å². The molecule has 0 unspecified atom stereocenters. The van der Waals surface area contributed by atoms with Gasteiger partial charge in [-0.05, 0) is 36.4 Å². The minimum atomic E-state index is 0.672. The molecular weight excluding hydrogens is 456 g/mol. The smallest absolute Gasteiger partial charge is 0.204 e. The van der Waals surface area contributed by atoms with Gasteiger partial charge in [0.2, 0.25) is 5.75 Å². The number of benzene rings is 3. The van der Waals surface area contributed by atoms with Crippen molar-refractivity contribution in [3.05, 3.63) is 60.7 Å². The highest BCUT2D eigenvalue weighted by molar-refractivity contribution is 5.93. The number of hydrogen-bond donors (Lipinski definition) is 0. The van der Waals surface area contributed by atoms with Gasteiger partial charge in [0.05, 0.1) is 13.2 Å². The highest BCUT2D eigenvalue weighted by Gasteiger charge is 2.18. The summed E-state index contributed by atoms with van der Waals surface area (Å²) >= 11 is 0. The number of unbranched alkanes of at least 4 members (excludes halogenated alkanes) is 12. The zero-order valence-electron chi connectivity index (χ0n) is 23.3. The molecule has 0 saturated heterocycles. The van der Waals surface area contributed by atoms with Crippen molar-refractivity contribution in [3.63, 3.8) is 0 Å². The van der Waals surface area contributed by atoms with Crippen LogP contribution in [0.4, 0.5) is 0 Å². The maximum absolute atomic E-state index is 6.47. The summed E-state index contributed by atoms with van der Waals surface area (Å²) in [6.07, 6.45) is 17.6. The van der Waals surface area contributed by atoms with Crippen LogP contribution in [0.5, 0.6) is 23.0 Å². The second-order valence-electron chi connectivity index (χ2n) is 10.1. The van der Waals surface area contributed by atoms with E-state index in [9.17, 15) is 0 Å². The van der Waals surface area contributed by atoms with Crippen LogP contribution in [0.25, 0.3) is 10.8 Å². The highest BCUT2D eigenvalue weighted by atomic mass is 16.5. The lowest BCUT2D eigenvalue weighted by molar-refractivity contribution is 0.253. The molecule has 0 aromatic heterocycles. The predicted octanol–water partition coefficient (Wildman–Crippen LogP) is 10.9. The van der Waals surface area contributed by atoms with E-state index in [1.54, 1.807) is 0 Å². The Morgan fingerprint density at radius 3 is 1.65 bits per heavy atom. The highest BCUT2D eigenvalue weighted by Crippen LogP contribution is 2.45. The number of fused-ring (bicyclic) bond motifs is 1. The molecule has 3 rings (SSSR count). The summed E-state index contributed by atoms with van der Waals surface area (Å²) < 4.78 is 19.3. The first kappa shape index (κ1) is 28.9. The second-order valence-corrected chi connectivity index (χ2v) is 10.1. The van der Waals surface area contributed by atoms with Gasteiger partial charge in [-0.2, -0.15) is 0 Å². The molecule has 0 aliphatic heterocycles. The molecular formula is C34H48O3. The van der Waals surface area contributed by atoms with Crippen molar-refractivity contribution in [2.75, 3.05) is 13.2 Å². The average molecular weight is 505 g/mol. The van der Waals surface area contributed by atoms with Crippen LogP contribution in [0.1, 0.15) is 104 Å². The Labute approximate surface area is 225 Å². The molecule has 0 bridgehead atoms. The van der Waals surface area contributed by atoms with Crippen LogP contribution < -0.4 is 14.2 Å². The zero-order chi connectivity index (χ0) is 26.0. The predicted molar refractivity (Wildman–Crippen MR) is 157 cm³/mol. The number of para-hydroxylation sites is 1. The standard InChI is InChI=1S/C34H48O3/c1-3-5-7-9-11-13-20-26-35-33-31-25-19-18-22-29(31)28-32(37-30-23-16-15-17-24-30)34(33)36-27-21-14-12-10-8-6-4-2/h15-19,22-25,28H,3-14,20-21,26-27H2,1-2H3. The maximum atomic E-state index is 6.47. The molecule has 0 N–H and O–H groups in total. The second kappa shape index (κ2) is 17.7. The Morgan fingerprint density at radius 1 is 0.514 bits per heavy atom. The van der Waals surface area contributed by atoms with Crippen molar-refractivity contribution in [2.24, 2.45) is 0 Å². The summed E-state index contributed by atoms with van der Waals surface area (Å²) in [5.41, 5.74) is 0. The van der Waals surface area contributed by atoms with E-state index in [0.717, 1.165) is 46.6 Å². The summed E-state index contributed by atoms with van der Waals surface area (Å²) in [6, 6.07) is 20.4. The van der Waals surface area contributed by atoms with E-state index < -0.39 is 0 Å². The first-order valence-corrected chi connectivity index (χ1v) is 14.9. The van der Waals surface area contributed by atoms with Crippen molar-refractivity contribution >= 4 is 10.8 Å². The molecule has 0 spiro atoms. The van der Waals surface area contributed by atoms with E-state index in [-0.39, 0.29) is 0 Å². The van der Waals surface area contributed by atoms with Crippen LogP contribution in [0.15, 0.2) is 60.7 Å². The first-order valence-electron chi connectivity index (χ1n) is 14.9. The molecule has 0 aliphatic rings. The van der Waals surface area contributed by atoms with Gasteiger partial charge in [0, 0.05) is 5.39 Å². The van der Waals surface area contributed by atoms with Gasteiger partial charge in [-0.3, -0.25) is 0 Å². The molecule has 0 atom stereocenters. The summed E-state index contributed by atoms with van der Waals surface area (Å²) in [5, 5.41) is 2.19. The van der Waals surface area contributed by atoms with Gasteiger partial charge in [0.15, 0.2) is 11.5 Å². The monoisotopic (exact) mass is 504 g/mol. The molecule has 0 saturated carbocycles. The lowest BCUT2D eigenvalue weighted by Gasteiger charge is -2.19. The van der Waals surface area contributed by atoms with E-state index in [2.05, 4.69) is 44.2 Å². The lowest BCUT2D eigenvalue weighted by atomic mass is 10.1. The van der Waals surface area contributed by atoms with Crippen LogP contribution in [0.2, 0.25) is 0 Å². The van der Waals surface area contributed by atoms with Crippen molar-refractivity contribution in [1.82, 2.24) is 0 Å². The Bertz CT molecular complexity index is 999. The van der Waals surface area contributed by atoms with E-state index in [1.807, 2.05) is 30.3 Å². The first-order chi connectivity index (χ1) is 18.3. The maximum Gasteiger partial charge on any atom is 0.204 e. The molecule has 0 amide bonds. The topological polar surface area (TPSA) is 27.7 Å². The quantitative estimate of drug-likeness (QED) is 0.143. The molecule has 0 fully saturated rings. The third-order valence-electron chi connectivity index (χ3n) is 6.88. The molecule has 202 valence electrons. The van der Waals surface area contributed by atoms with Crippen molar-refractivity contribution < 1.29 is 14.2 Å². The largest absolute Gasteiger partial charge is 0.489 e. The van der Waals surface area contributed by atoms with Crippen molar-refractivity contribution in [2.45, 2.75) is 104 Å². The minimum absolute atomic E-state index is 0.672. The molecule has 3 aromatic rings. The van der Waals surface area contributed by atoms with E-state index in [1.165, 1.54) is 77.0 Å². The van der Waals surface area contributed by atoms with E-state index >= 15 is 0 Å². The fraction of sp³-hybridized carbons (Fsp3) is 0.529. The average Bonchev–Trinajstić information content (AvgIpc) is 2.93.